The molecule has 0 spiro atoms. The van der Waals surface area contributed by atoms with Crippen molar-refractivity contribution in [2.45, 2.75) is 18.1 Å². The maximum Gasteiger partial charge on any atom is 0.0887 e. The second-order valence-electron chi connectivity index (χ2n) is 5.93. The van der Waals surface area contributed by atoms with E-state index in [0.717, 1.165) is 24.0 Å². The van der Waals surface area contributed by atoms with Crippen LogP contribution in [-0.4, -0.2) is 4.21 Å². The van der Waals surface area contributed by atoms with Crippen LogP contribution in [0.3, 0.4) is 0 Å². The first-order valence-corrected chi connectivity index (χ1v) is 9.82. The van der Waals surface area contributed by atoms with E-state index in [1.807, 2.05) is 78.2 Å². The van der Waals surface area contributed by atoms with Gasteiger partial charge in [-0.2, -0.15) is 0 Å². The van der Waals surface area contributed by atoms with Gasteiger partial charge in [0.15, 0.2) is 0 Å². The topological polar surface area (TPSA) is 17.1 Å². The van der Waals surface area contributed by atoms with Gasteiger partial charge in [-0.3, -0.25) is 4.21 Å². The molecule has 3 aromatic carbocycles. The highest BCUT2D eigenvalue weighted by Crippen LogP contribution is 2.28. The molecule has 3 rings (SSSR count). The van der Waals surface area contributed by atoms with Crippen LogP contribution < -0.4 is 0 Å². The largest absolute Gasteiger partial charge is 0.254 e. The number of allylic oxidation sites excluding steroid dienone is 1. The van der Waals surface area contributed by atoms with Crippen molar-refractivity contribution in [1.29, 1.82) is 0 Å². The van der Waals surface area contributed by atoms with Gasteiger partial charge in [-0.05, 0) is 34.9 Å². The van der Waals surface area contributed by atoms with Gasteiger partial charge in [-0.1, -0.05) is 97.1 Å². The summed E-state index contributed by atoms with van der Waals surface area (Å²) < 4.78 is 13.0. The maximum absolute atomic E-state index is 13.0. The molecule has 2 heteroatoms. The summed E-state index contributed by atoms with van der Waals surface area (Å²) >= 11 is 0. The third kappa shape index (κ3) is 5.01. The Bertz CT molecular complexity index is 771. The molecular weight excluding hydrogens is 324 g/mol. The molecule has 0 bridgehead atoms. The van der Waals surface area contributed by atoms with Crippen molar-refractivity contribution in [2.75, 3.05) is 0 Å². The van der Waals surface area contributed by atoms with Crippen LogP contribution in [0.5, 0.6) is 0 Å². The molecule has 0 aliphatic rings. The molecule has 0 aliphatic carbocycles. The van der Waals surface area contributed by atoms with Gasteiger partial charge >= 0.3 is 0 Å². The molecule has 126 valence electrons. The highest BCUT2D eigenvalue weighted by Gasteiger charge is 2.18. The lowest BCUT2D eigenvalue weighted by Crippen LogP contribution is -2.06. The minimum absolute atomic E-state index is 0.129. The summed E-state index contributed by atoms with van der Waals surface area (Å²) in [5, 5.41) is 1.73. The Morgan fingerprint density at radius 2 is 1.20 bits per heavy atom. The van der Waals surface area contributed by atoms with Crippen LogP contribution in [0, 0.1) is 0 Å². The zero-order valence-electron chi connectivity index (χ0n) is 14.1. The van der Waals surface area contributed by atoms with Crippen LogP contribution in [0.25, 0.3) is 0 Å². The third-order valence-electron chi connectivity index (χ3n) is 4.11. The summed E-state index contributed by atoms with van der Waals surface area (Å²) in [6.07, 6.45) is 3.91. The quantitative estimate of drug-likeness (QED) is 0.538. The van der Waals surface area contributed by atoms with E-state index in [-0.39, 0.29) is 5.25 Å². The van der Waals surface area contributed by atoms with Crippen LogP contribution in [-0.2, 0) is 17.2 Å². The zero-order valence-corrected chi connectivity index (χ0v) is 14.9. The standard InChI is InChI=1S/C23H22OS/c24-25(19-11-10-14-20-12-4-1-5-13-20)23(21-15-6-2-7-16-21)22-17-8-3-9-18-22/h1-9,11-13,15-19,23H,10,14H2/b19-11+. The number of benzene rings is 3. The predicted octanol–water partition coefficient (Wildman–Crippen LogP) is 5.67. The summed E-state index contributed by atoms with van der Waals surface area (Å²) in [5.74, 6) is 0. The van der Waals surface area contributed by atoms with Crippen molar-refractivity contribution >= 4 is 10.8 Å². The van der Waals surface area contributed by atoms with Crippen LogP contribution in [0.2, 0.25) is 0 Å². The van der Waals surface area contributed by atoms with Crippen molar-refractivity contribution in [3.8, 4) is 0 Å². The molecule has 3 aromatic rings. The fourth-order valence-corrected chi connectivity index (χ4v) is 4.19. The van der Waals surface area contributed by atoms with E-state index in [4.69, 9.17) is 0 Å². The van der Waals surface area contributed by atoms with E-state index in [2.05, 4.69) is 24.3 Å². The van der Waals surface area contributed by atoms with Gasteiger partial charge in [0.2, 0.25) is 0 Å². The van der Waals surface area contributed by atoms with Crippen molar-refractivity contribution < 1.29 is 4.21 Å². The van der Waals surface area contributed by atoms with Gasteiger partial charge in [0, 0.05) is 0 Å². The Labute approximate surface area is 152 Å². The molecule has 0 heterocycles. The lowest BCUT2D eigenvalue weighted by Gasteiger charge is -2.15. The van der Waals surface area contributed by atoms with Crippen molar-refractivity contribution in [2.24, 2.45) is 0 Å². The molecule has 1 nitrogen and oxygen atoms in total. The fraction of sp³-hybridized carbons (Fsp3) is 0.130. The average Bonchev–Trinajstić information content (AvgIpc) is 2.68. The first-order chi connectivity index (χ1) is 12.3. The van der Waals surface area contributed by atoms with Crippen LogP contribution in [0.1, 0.15) is 28.4 Å². The second kappa shape index (κ2) is 9.14. The smallest absolute Gasteiger partial charge is 0.0887 e. The number of hydrogen-bond acceptors (Lipinski definition) is 1. The summed E-state index contributed by atoms with van der Waals surface area (Å²) in [5.41, 5.74) is 3.47. The zero-order chi connectivity index (χ0) is 17.3. The van der Waals surface area contributed by atoms with E-state index in [0.29, 0.717) is 0 Å². The third-order valence-corrected chi connectivity index (χ3v) is 5.58. The molecule has 0 fully saturated rings. The molecule has 1 unspecified atom stereocenters. The van der Waals surface area contributed by atoms with E-state index in [1.54, 1.807) is 0 Å². The predicted molar refractivity (Wildman–Crippen MR) is 107 cm³/mol. The fourth-order valence-electron chi connectivity index (χ4n) is 2.85. The van der Waals surface area contributed by atoms with Gasteiger partial charge in [-0.25, -0.2) is 0 Å². The van der Waals surface area contributed by atoms with E-state index in [1.165, 1.54) is 5.56 Å². The SMILES string of the molecule is O=S(/C=C/CCc1ccccc1)C(c1ccccc1)c1ccccc1. The molecule has 25 heavy (non-hydrogen) atoms. The molecule has 0 aromatic heterocycles. The van der Waals surface area contributed by atoms with Crippen LogP contribution >= 0.6 is 0 Å². The van der Waals surface area contributed by atoms with Crippen molar-refractivity contribution in [3.05, 3.63) is 119 Å². The van der Waals surface area contributed by atoms with E-state index < -0.39 is 10.8 Å². The first kappa shape index (κ1) is 17.4. The van der Waals surface area contributed by atoms with Gasteiger partial charge in [0.25, 0.3) is 0 Å². The Morgan fingerprint density at radius 1 is 0.720 bits per heavy atom. The Kier molecular flexibility index (Phi) is 6.35. The monoisotopic (exact) mass is 346 g/mol. The van der Waals surface area contributed by atoms with Crippen molar-refractivity contribution in [1.82, 2.24) is 0 Å². The van der Waals surface area contributed by atoms with Crippen LogP contribution in [0.15, 0.2) is 102 Å². The summed E-state index contributed by atoms with van der Waals surface area (Å²) in [7, 11) is -1.10. The summed E-state index contributed by atoms with van der Waals surface area (Å²) in [6, 6.07) is 30.6. The van der Waals surface area contributed by atoms with Gasteiger partial charge in [-0.15, -0.1) is 0 Å². The number of rotatable bonds is 7. The van der Waals surface area contributed by atoms with Gasteiger partial charge < -0.3 is 0 Å². The summed E-state index contributed by atoms with van der Waals surface area (Å²) in [4.78, 5) is 0. The molecule has 0 radical (unpaired) electrons. The lowest BCUT2D eigenvalue weighted by molar-refractivity contribution is 0.683. The molecule has 0 saturated carbocycles. The van der Waals surface area contributed by atoms with E-state index >= 15 is 0 Å². The highest BCUT2D eigenvalue weighted by molar-refractivity contribution is 7.88. The Balaban J connectivity index is 1.72. The normalized spacial score (nSPS) is 12.5. The van der Waals surface area contributed by atoms with Crippen molar-refractivity contribution in [3.63, 3.8) is 0 Å². The van der Waals surface area contributed by atoms with Gasteiger partial charge in [0.05, 0.1) is 16.0 Å². The second-order valence-corrected chi connectivity index (χ2v) is 7.33. The number of hydrogen-bond donors (Lipinski definition) is 0. The molecule has 0 amide bonds. The molecule has 1 atom stereocenters. The van der Waals surface area contributed by atoms with Crippen LogP contribution in [0.4, 0.5) is 0 Å². The molecule has 0 N–H and O–H groups in total. The Hall–Kier alpha value is -2.45. The molecule has 0 saturated heterocycles. The number of aryl methyl sites for hydroxylation is 1. The first-order valence-electron chi connectivity index (χ1n) is 8.54. The van der Waals surface area contributed by atoms with Gasteiger partial charge in [0.1, 0.15) is 0 Å². The molecule has 0 aliphatic heterocycles. The molecular formula is C23H22OS. The average molecular weight is 346 g/mol. The highest BCUT2D eigenvalue weighted by atomic mass is 32.2. The summed E-state index contributed by atoms with van der Waals surface area (Å²) in [6.45, 7) is 0. The minimum atomic E-state index is -1.10. The maximum atomic E-state index is 13.0. The lowest BCUT2D eigenvalue weighted by atomic mass is 10.0. The van der Waals surface area contributed by atoms with E-state index in [9.17, 15) is 4.21 Å². The Morgan fingerprint density at radius 3 is 1.72 bits per heavy atom. The minimum Gasteiger partial charge on any atom is -0.254 e.